The summed E-state index contributed by atoms with van der Waals surface area (Å²) in [5, 5.41) is 0. The number of aromatic nitrogens is 2. The first-order valence-electron chi connectivity index (χ1n) is 8.52. The van der Waals surface area contributed by atoms with Crippen molar-refractivity contribution in [2.75, 3.05) is 24.5 Å². The van der Waals surface area contributed by atoms with Crippen LogP contribution in [0.2, 0.25) is 0 Å². The van der Waals surface area contributed by atoms with Crippen LogP contribution in [-0.4, -0.2) is 46.6 Å². The lowest BCUT2D eigenvalue weighted by Crippen LogP contribution is -2.46. The molecule has 0 amide bonds. The van der Waals surface area contributed by atoms with Crippen molar-refractivity contribution in [2.45, 2.75) is 65.0 Å². The van der Waals surface area contributed by atoms with E-state index in [-0.39, 0.29) is 0 Å². The molecule has 2 aliphatic rings. The zero-order valence-electron chi connectivity index (χ0n) is 13.7. The van der Waals surface area contributed by atoms with Gasteiger partial charge in [-0.2, -0.15) is 0 Å². The van der Waals surface area contributed by atoms with Crippen LogP contribution in [0, 0.1) is 6.92 Å². The number of nitrogens with zero attached hydrogens (tertiary/aromatic N) is 4. The second kappa shape index (κ2) is 6.30. The van der Waals surface area contributed by atoms with Crippen LogP contribution in [0.1, 0.15) is 51.0 Å². The fourth-order valence-corrected chi connectivity index (χ4v) is 3.88. The van der Waals surface area contributed by atoms with Crippen LogP contribution in [0.15, 0.2) is 6.07 Å². The monoisotopic (exact) mass is 288 g/mol. The molecule has 4 nitrogen and oxygen atoms in total. The maximum absolute atomic E-state index is 4.64. The predicted octanol–water partition coefficient (Wildman–Crippen LogP) is 2.80. The van der Waals surface area contributed by atoms with E-state index in [2.05, 4.69) is 39.7 Å². The highest BCUT2D eigenvalue weighted by Gasteiger charge is 2.30. The summed E-state index contributed by atoms with van der Waals surface area (Å²) in [6.45, 7) is 10.1. The van der Waals surface area contributed by atoms with Gasteiger partial charge in [0.05, 0.1) is 0 Å². The van der Waals surface area contributed by atoms with E-state index in [9.17, 15) is 0 Å². The molecule has 1 aromatic rings. The van der Waals surface area contributed by atoms with Gasteiger partial charge in [-0.25, -0.2) is 9.97 Å². The zero-order valence-corrected chi connectivity index (χ0v) is 13.7. The molecule has 1 atom stereocenters. The van der Waals surface area contributed by atoms with Crippen molar-refractivity contribution in [2.24, 2.45) is 0 Å². The Morgan fingerprint density at radius 3 is 2.52 bits per heavy atom. The van der Waals surface area contributed by atoms with Crippen LogP contribution in [0.5, 0.6) is 0 Å². The van der Waals surface area contributed by atoms with E-state index in [1.165, 1.54) is 32.2 Å². The van der Waals surface area contributed by atoms with Gasteiger partial charge in [-0.1, -0.05) is 6.92 Å². The lowest BCUT2D eigenvalue weighted by molar-refractivity contribution is 0.163. The van der Waals surface area contributed by atoms with E-state index < -0.39 is 0 Å². The maximum atomic E-state index is 4.64. The average Bonchev–Trinajstić information content (AvgIpc) is 2.93. The number of hydrogen-bond acceptors (Lipinski definition) is 4. The van der Waals surface area contributed by atoms with Gasteiger partial charge >= 0.3 is 0 Å². The van der Waals surface area contributed by atoms with Gasteiger partial charge in [-0.3, -0.25) is 4.90 Å². The van der Waals surface area contributed by atoms with Gasteiger partial charge in [0.1, 0.15) is 11.6 Å². The minimum atomic E-state index is 0.785. The molecule has 2 saturated heterocycles. The Morgan fingerprint density at radius 2 is 1.90 bits per heavy atom. The molecule has 0 aromatic carbocycles. The van der Waals surface area contributed by atoms with E-state index in [0.717, 1.165) is 48.9 Å². The van der Waals surface area contributed by atoms with Crippen molar-refractivity contribution in [1.82, 2.24) is 14.9 Å². The SMILES string of the molecule is CCc1cc(N2CCC(N3CCCC3C)CC2)nc(C)n1. The highest BCUT2D eigenvalue weighted by atomic mass is 15.3. The van der Waals surface area contributed by atoms with E-state index in [4.69, 9.17) is 0 Å². The van der Waals surface area contributed by atoms with Gasteiger partial charge in [0.25, 0.3) is 0 Å². The van der Waals surface area contributed by atoms with Crippen LogP contribution in [-0.2, 0) is 6.42 Å². The molecule has 4 heteroatoms. The normalized spacial score (nSPS) is 24.7. The summed E-state index contributed by atoms with van der Waals surface area (Å²) in [5.41, 5.74) is 1.16. The number of aryl methyl sites for hydroxylation is 2. The van der Waals surface area contributed by atoms with Gasteiger partial charge in [0.15, 0.2) is 0 Å². The Balaban J connectivity index is 1.64. The van der Waals surface area contributed by atoms with Crippen LogP contribution in [0.25, 0.3) is 0 Å². The predicted molar refractivity (Wildman–Crippen MR) is 86.8 cm³/mol. The van der Waals surface area contributed by atoms with Crippen LogP contribution < -0.4 is 4.90 Å². The summed E-state index contributed by atoms with van der Waals surface area (Å²) >= 11 is 0. The first-order valence-corrected chi connectivity index (χ1v) is 8.52. The number of anilines is 1. The van der Waals surface area contributed by atoms with E-state index in [1.807, 2.05) is 6.92 Å². The van der Waals surface area contributed by atoms with Gasteiger partial charge in [-0.15, -0.1) is 0 Å². The Labute approximate surface area is 128 Å². The highest BCUT2D eigenvalue weighted by molar-refractivity contribution is 5.40. The molecule has 0 saturated carbocycles. The number of rotatable bonds is 3. The molecule has 0 spiro atoms. The van der Waals surface area contributed by atoms with E-state index in [0.29, 0.717) is 0 Å². The molecule has 2 aliphatic heterocycles. The summed E-state index contributed by atoms with van der Waals surface area (Å²) in [7, 11) is 0. The van der Waals surface area contributed by atoms with Crippen molar-refractivity contribution < 1.29 is 0 Å². The third-order valence-corrected chi connectivity index (χ3v) is 5.10. The molecule has 0 aliphatic carbocycles. The first kappa shape index (κ1) is 14.8. The molecular weight excluding hydrogens is 260 g/mol. The molecule has 116 valence electrons. The van der Waals surface area contributed by atoms with Crippen LogP contribution in [0.3, 0.4) is 0 Å². The number of hydrogen-bond donors (Lipinski definition) is 0. The van der Waals surface area contributed by atoms with Crippen molar-refractivity contribution in [3.63, 3.8) is 0 Å². The molecule has 21 heavy (non-hydrogen) atoms. The molecule has 2 fully saturated rings. The number of piperidine rings is 1. The van der Waals surface area contributed by atoms with Crippen molar-refractivity contribution in [3.05, 3.63) is 17.6 Å². The molecule has 1 unspecified atom stereocenters. The Morgan fingerprint density at radius 1 is 1.14 bits per heavy atom. The lowest BCUT2D eigenvalue weighted by atomic mass is 10.0. The Hall–Kier alpha value is -1.16. The Bertz CT molecular complexity index is 480. The minimum absolute atomic E-state index is 0.785. The van der Waals surface area contributed by atoms with Gasteiger partial charge in [0.2, 0.25) is 0 Å². The van der Waals surface area contributed by atoms with Gasteiger partial charge in [0, 0.05) is 36.9 Å². The molecule has 3 heterocycles. The second-order valence-corrected chi connectivity index (χ2v) is 6.57. The Kier molecular flexibility index (Phi) is 4.43. The third kappa shape index (κ3) is 3.20. The average molecular weight is 288 g/mol. The number of likely N-dealkylation sites (tertiary alicyclic amines) is 1. The molecular formula is C17H28N4. The summed E-state index contributed by atoms with van der Waals surface area (Å²) in [6.07, 6.45) is 6.29. The first-order chi connectivity index (χ1) is 10.2. The van der Waals surface area contributed by atoms with E-state index >= 15 is 0 Å². The highest BCUT2D eigenvalue weighted by Crippen LogP contribution is 2.27. The minimum Gasteiger partial charge on any atom is -0.356 e. The molecule has 0 bridgehead atoms. The molecule has 3 rings (SSSR count). The van der Waals surface area contributed by atoms with Crippen molar-refractivity contribution in [1.29, 1.82) is 0 Å². The fourth-order valence-electron chi connectivity index (χ4n) is 3.88. The van der Waals surface area contributed by atoms with Gasteiger partial charge < -0.3 is 4.90 Å². The third-order valence-electron chi connectivity index (χ3n) is 5.10. The van der Waals surface area contributed by atoms with Crippen LogP contribution in [0.4, 0.5) is 5.82 Å². The fraction of sp³-hybridized carbons (Fsp3) is 0.765. The maximum Gasteiger partial charge on any atom is 0.132 e. The van der Waals surface area contributed by atoms with E-state index in [1.54, 1.807) is 0 Å². The smallest absolute Gasteiger partial charge is 0.132 e. The quantitative estimate of drug-likeness (QED) is 0.856. The second-order valence-electron chi connectivity index (χ2n) is 6.57. The van der Waals surface area contributed by atoms with Crippen molar-refractivity contribution in [3.8, 4) is 0 Å². The largest absolute Gasteiger partial charge is 0.356 e. The summed E-state index contributed by atoms with van der Waals surface area (Å²) in [5.74, 6) is 2.03. The van der Waals surface area contributed by atoms with Crippen LogP contribution >= 0.6 is 0 Å². The summed E-state index contributed by atoms with van der Waals surface area (Å²) < 4.78 is 0. The lowest BCUT2D eigenvalue weighted by Gasteiger charge is -2.39. The summed E-state index contributed by atoms with van der Waals surface area (Å²) in [6, 6.07) is 3.74. The van der Waals surface area contributed by atoms with Gasteiger partial charge in [-0.05, 0) is 52.5 Å². The zero-order chi connectivity index (χ0) is 14.8. The topological polar surface area (TPSA) is 32.3 Å². The standard InChI is InChI=1S/C17H28N4/c1-4-15-12-17(19-14(3)18-15)20-10-7-16(8-11-20)21-9-5-6-13(21)2/h12-13,16H,4-11H2,1-3H3. The summed E-state index contributed by atoms with van der Waals surface area (Å²) in [4.78, 5) is 14.3. The molecule has 0 N–H and O–H groups in total. The molecule has 0 radical (unpaired) electrons. The van der Waals surface area contributed by atoms with Crippen molar-refractivity contribution >= 4 is 5.82 Å². The molecule has 1 aromatic heterocycles.